The quantitative estimate of drug-likeness (QED) is 0.861. The Bertz CT molecular complexity index is 612. The molecule has 2 aromatic carbocycles. The standard InChI is InChI=1S/C17H19Cl2NO/c1-10-8-12(9-11(2)17(10)21-4)16(20-3)15-13(18)6-5-7-14(15)19/h5-9,16,20H,1-4H3. The Kier molecular flexibility index (Phi) is 5.15. The third-order valence-corrected chi connectivity index (χ3v) is 4.26. The number of aryl methyl sites for hydroxylation is 2. The van der Waals surface area contributed by atoms with E-state index in [2.05, 4.69) is 17.4 Å². The Balaban J connectivity index is 2.57. The first-order chi connectivity index (χ1) is 9.99. The van der Waals surface area contributed by atoms with Crippen molar-refractivity contribution in [3.8, 4) is 5.75 Å². The summed E-state index contributed by atoms with van der Waals surface area (Å²) in [6.07, 6.45) is 0. The summed E-state index contributed by atoms with van der Waals surface area (Å²) in [7, 11) is 3.59. The van der Waals surface area contributed by atoms with Crippen LogP contribution in [-0.4, -0.2) is 14.2 Å². The Morgan fingerprint density at radius 2 is 1.57 bits per heavy atom. The van der Waals surface area contributed by atoms with Crippen LogP contribution in [0.3, 0.4) is 0 Å². The van der Waals surface area contributed by atoms with Gasteiger partial charge in [0, 0.05) is 15.6 Å². The van der Waals surface area contributed by atoms with Crippen LogP contribution in [0.4, 0.5) is 0 Å². The first-order valence-electron chi connectivity index (χ1n) is 6.76. The molecule has 2 rings (SSSR count). The monoisotopic (exact) mass is 323 g/mol. The van der Waals surface area contributed by atoms with E-state index in [9.17, 15) is 0 Å². The van der Waals surface area contributed by atoms with Crippen LogP contribution in [0, 0.1) is 13.8 Å². The number of benzene rings is 2. The molecule has 0 saturated carbocycles. The molecular formula is C17H19Cl2NO. The van der Waals surface area contributed by atoms with E-state index in [-0.39, 0.29) is 6.04 Å². The fraction of sp³-hybridized carbons (Fsp3) is 0.294. The molecule has 0 fully saturated rings. The fourth-order valence-electron chi connectivity index (χ4n) is 2.74. The van der Waals surface area contributed by atoms with E-state index in [1.807, 2.05) is 39.1 Å². The first-order valence-corrected chi connectivity index (χ1v) is 7.51. The topological polar surface area (TPSA) is 21.3 Å². The maximum absolute atomic E-state index is 6.34. The molecule has 0 saturated heterocycles. The molecule has 0 spiro atoms. The van der Waals surface area contributed by atoms with Gasteiger partial charge in [0.25, 0.3) is 0 Å². The Morgan fingerprint density at radius 3 is 2.00 bits per heavy atom. The van der Waals surface area contributed by atoms with Gasteiger partial charge in [0.1, 0.15) is 5.75 Å². The van der Waals surface area contributed by atoms with Gasteiger partial charge in [0.15, 0.2) is 0 Å². The molecular weight excluding hydrogens is 305 g/mol. The molecule has 1 unspecified atom stereocenters. The van der Waals surface area contributed by atoms with Gasteiger partial charge in [0.05, 0.1) is 13.2 Å². The number of rotatable bonds is 4. The fourth-order valence-corrected chi connectivity index (χ4v) is 3.35. The van der Waals surface area contributed by atoms with Crippen molar-refractivity contribution in [3.63, 3.8) is 0 Å². The maximum Gasteiger partial charge on any atom is 0.124 e. The summed E-state index contributed by atoms with van der Waals surface area (Å²) in [5.74, 6) is 0.916. The molecule has 0 aliphatic carbocycles. The lowest BCUT2D eigenvalue weighted by atomic mass is 9.95. The van der Waals surface area contributed by atoms with Gasteiger partial charge in [-0.25, -0.2) is 0 Å². The van der Waals surface area contributed by atoms with Gasteiger partial charge in [-0.2, -0.15) is 0 Å². The average molecular weight is 324 g/mol. The molecule has 0 radical (unpaired) electrons. The molecule has 1 N–H and O–H groups in total. The highest BCUT2D eigenvalue weighted by Crippen LogP contribution is 2.36. The van der Waals surface area contributed by atoms with E-state index in [1.54, 1.807) is 7.11 Å². The molecule has 0 aliphatic heterocycles. The van der Waals surface area contributed by atoms with Crippen molar-refractivity contribution >= 4 is 23.2 Å². The number of hydrogen-bond donors (Lipinski definition) is 1. The largest absolute Gasteiger partial charge is 0.496 e. The van der Waals surface area contributed by atoms with Crippen molar-refractivity contribution in [1.82, 2.24) is 5.32 Å². The second-order valence-corrected chi connectivity index (χ2v) is 5.86. The summed E-state index contributed by atoms with van der Waals surface area (Å²) in [6, 6.07) is 9.71. The van der Waals surface area contributed by atoms with Crippen LogP contribution < -0.4 is 10.1 Å². The van der Waals surface area contributed by atoms with Gasteiger partial charge in [-0.1, -0.05) is 41.4 Å². The zero-order chi connectivity index (χ0) is 15.6. The lowest BCUT2D eigenvalue weighted by Gasteiger charge is -2.22. The van der Waals surface area contributed by atoms with Crippen LogP contribution in [0.1, 0.15) is 28.3 Å². The summed E-state index contributed by atoms with van der Waals surface area (Å²) in [5, 5.41) is 4.62. The predicted molar refractivity (Wildman–Crippen MR) is 89.8 cm³/mol. The molecule has 2 nitrogen and oxygen atoms in total. The second-order valence-electron chi connectivity index (χ2n) is 5.04. The van der Waals surface area contributed by atoms with E-state index in [0.717, 1.165) is 28.0 Å². The zero-order valence-corrected chi connectivity index (χ0v) is 14.1. The minimum atomic E-state index is -0.0606. The molecule has 0 heterocycles. The summed E-state index contributed by atoms with van der Waals surface area (Å²) >= 11 is 12.7. The Morgan fingerprint density at radius 1 is 1.05 bits per heavy atom. The summed E-state index contributed by atoms with van der Waals surface area (Å²) in [4.78, 5) is 0. The Labute approximate surface area is 136 Å². The van der Waals surface area contributed by atoms with Crippen molar-refractivity contribution < 1.29 is 4.74 Å². The summed E-state index contributed by atoms with van der Waals surface area (Å²) in [5.41, 5.74) is 4.20. The number of halogens is 2. The number of hydrogen-bond acceptors (Lipinski definition) is 2. The van der Waals surface area contributed by atoms with Crippen LogP contribution in [-0.2, 0) is 0 Å². The Hall–Kier alpha value is -1.22. The number of methoxy groups -OCH3 is 1. The molecule has 1 atom stereocenters. The smallest absolute Gasteiger partial charge is 0.124 e. The van der Waals surface area contributed by atoms with Gasteiger partial charge in [-0.05, 0) is 49.7 Å². The summed E-state index contributed by atoms with van der Waals surface area (Å²) < 4.78 is 5.42. The molecule has 0 aliphatic rings. The van der Waals surface area contributed by atoms with Gasteiger partial charge in [0.2, 0.25) is 0 Å². The van der Waals surface area contributed by atoms with Crippen molar-refractivity contribution in [2.75, 3.05) is 14.2 Å². The van der Waals surface area contributed by atoms with Gasteiger partial charge in [-0.15, -0.1) is 0 Å². The lowest BCUT2D eigenvalue weighted by molar-refractivity contribution is 0.408. The normalized spacial score (nSPS) is 12.3. The molecule has 0 amide bonds. The highest BCUT2D eigenvalue weighted by atomic mass is 35.5. The molecule has 0 aromatic heterocycles. The number of ether oxygens (including phenoxy) is 1. The van der Waals surface area contributed by atoms with Crippen LogP contribution >= 0.6 is 23.2 Å². The molecule has 2 aromatic rings. The van der Waals surface area contributed by atoms with E-state index in [4.69, 9.17) is 27.9 Å². The predicted octanol–water partition coefficient (Wildman–Crippen LogP) is 4.93. The third-order valence-electron chi connectivity index (χ3n) is 3.60. The van der Waals surface area contributed by atoms with Gasteiger partial charge in [-0.3, -0.25) is 0 Å². The summed E-state index contributed by atoms with van der Waals surface area (Å²) in [6.45, 7) is 4.08. The molecule has 112 valence electrons. The van der Waals surface area contributed by atoms with Crippen molar-refractivity contribution in [2.24, 2.45) is 0 Å². The van der Waals surface area contributed by atoms with E-state index in [0.29, 0.717) is 10.0 Å². The SMILES string of the molecule is CNC(c1cc(C)c(OC)c(C)c1)c1c(Cl)cccc1Cl. The van der Waals surface area contributed by atoms with Gasteiger partial charge < -0.3 is 10.1 Å². The molecule has 21 heavy (non-hydrogen) atoms. The minimum Gasteiger partial charge on any atom is -0.496 e. The highest BCUT2D eigenvalue weighted by molar-refractivity contribution is 6.36. The average Bonchev–Trinajstić information content (AvgIpc) is 2.42. The molecule has 4 heteroatoms. The zero-order valence-electron chi connectivity index (χ0n) is 12.6. The van der Waals surface area contributed by atoms with Crippen molar-refractivity contribution in [1.29, 1.82) is 0 Å². The van der Waals surface area contributed by atoms with E-state index >= 15 is 0 Å². The highest BCUT2D eigenvalue weighted by Gasteiger charge is 2.20. The van der Waals surface area contributed by atoms with E-state index in [1.165, 1.54) is 0 Å². The van der Waals surface area contributed by atoms with Crippen molar-refractivity contribution in [2.45, 2.75) is 19.9 Å². The molecule has 0 bridgehead atoms. The third kappa shape index (κ3) is 3.18. The lowest BCUT2D eigenvalue weighted by Crippen LogP contribution is -2.19. The van der Waals surface area contributed by atoms with Crippen LogP contribution in [0.15, 0.2) is 30.3 Å². The van der Waals surface area contributed by atoms with Crippen LogP contribution in [0.25, 0.3) is 0 Å². The first kappa shape index (κ1) is 16.2. The van der Waals surface area contributed by atoms with Crippen LogP contribution in [0.2, 0.25) is 10.0 Å². The number of nitrogens with one attached hydrogen (secondary N) is 1. The maximum atomic E-state index is 6.34. The van der Waals surface area contributed by atoms with Crippen LogP contribution in [0.5, 0.6) is 5.75 Å². The second kappa shape index (κ2) is 6.69. The minimum absolute atomic E-state index is 0.0606. The van der Waals surface area contributed by atoms with Gasteiger partial charge >= 0.3 is 0 Å². The van der Waals surface area contributed by atoms with Crippen molar-refractivity contribution in [3.05, 3.63) is 62.6 Å². The van der Waals surface area contributed by atoms with E-state index < -0.39 is 0 Å².